The minimum atomic E-state index is -0.297. The SMILES string of the molecule is CC(C)[C@@H](O)CN1CCN(Cc2nc(C(=O)N3CCN(c4ccc(F)cc4)CC3)co2)CC1. The van der Waals surface area contributed by atoms with Crippen molar-refractivity contribution in [3.8, 4) is 0 Å². The van der Waals surface area contributed by atoms with Gasteiger partial charge in [0.1, 0.15) is 12.1 Å². The van der Waals surface area contributed by atoms with Crippen LogP contribution in [0.5, 0.6) is 0 Å². The van der Waals surface area contributed by atoms with E-state index in [9.17, 15) is 14.3 Å². The maximum Gasteiger partial charge on any atom is 0.275 e. The highest BCUT2D eigenvalue weighted by molar-refractivity contribution is 5.92. The van der Waals surface area contributed by atoms with Crippen LogP contribution >= 0.6 is 0 Å². The summed E-state index contributed by atoms with van der Waals surface area (Å²) >= 11 is 0. The number of piperazine rings is 2. The van der Waals surface area contributed by atoms with Gasteiger partial charge < -0.3 is 19.3 Å². The number of aliphatic hydroxyl groups excluding tert-OH is 1. The standard InChI is InChI=1S/C24H34FN5O3/c1-18(2)22(31)15-27-7-9-28(10-8-27)16-23-26-21(17-33-23)24(32)30-13-11-29(12-14-30)20-5-3-19(25)4-6-20/h3-6,17-18,22,31H,7-16H2,1-2H3/t22-/m0/s1. The number of aromatic nitrogens is 1. The molecule has 1 aromatic carbocycles. The predicted molar refractivity (Wildman–Crippen MR) is 124 cm³/mol. The number of anilines is 1. The third-order valence-corrected chi connectivity index (χ3v) is 6.57. The molecule has 2 fully saturated rings. The lowest BCUT2D eigenvalue weighted by Gasteiger charge is -2.35. The van der Waals surface area contributed by atoms with Crippen molar-refractivity contribution in [2.24, 2.45) is 5.92 Å². The van der Waals surface area contributed by atoms with Crippen molar-refractivity contribution >= 4 is 11.6 Å². The van der Waals surface area contributed by atoms with E-state index in [1.54, 1.807) is 17.0 Å². The van der Waals surface area contributed by atoms with E-state index in [0.29, 0.717) is 50.9 Å². The van der Waals surface area contributed by atoms with Gasteiger partial charge in [0.05, 0.1) is 12.6 Å². The molecule has 0 saturated carbocycles. The van der Waals surface area contributed by atoms with Gasteiger partial charge in [0.25, 0.3) is 5.91 Å². The first-order valence-electron chi connectivity index (χ1n) is 11.8. The van der Waals surface area contributed by atoms with E-state index in [1.165, 1.54) is 18.4 Å². The summed E-state index contributed by atoms with van der Waals surface area (Å²) in [4.78, 5) is 25.8. The lowest BCUT2D eigenvalue weighted by atomic mass is 10.1. The van der Waals surface area contributed by atoms with E-state index in [2.05, 4.69) is 19.7 Å². The maximum atomic E-state index is 13.1. The molecule has 0 aliphatic carbocycles. The lowest BCUT2D eigenvalue weighted by molar-refractivity contribution is 0.0463. The lowest BCUT2D eigenvalue weighted by Crippen LogP contribution is -2.49. The van der Waals surface area contributed by atoms with Crippen LogP contribution in [0.1, 0.15) is 30.2 Å². The summed E-state index contributed by atoms with van der Waals surface area (Å²) in [6.07, 6.45) is 1.16. The Kier molecular flexibility index (Phi) is 7.62. The average molecular weight is 460 g/mol. The molecule has 1 N–H and O–H groups in total. The van der Waals surface area contributed by atoms with Crippen molar-refractivity contribution in [2.75, 3.05) is 63.8 Å². The number of hydrogen-bond donors (Lipinski definition) is 1. The van der Waals surface area contributed by atoms with E-state index in [1.807, 2.05) is 13.8 Å². The summed E-state index contributed by atoms with van der Waals surface area (Å²) in [7, 11) is 0. The van der Waals surface area contributed by atoms with Gasteiger partial charge in [-0.1, -0.05) is 13.8 Å². The molecule has 4 rings (SSSR count). The summed E-state index contributed by atoms with van der Waals surface area (Å²) in [5.74, 6) is 0.452. The van der Waals surface area contributed by atoms with E-state index < -0.39 is 0 Å². The van der Waals surface area contributed by atoms with Crippen LogP contribution < -0.4 is 4.90 Å². The molecule has 1 amide bonds. The predicted octanol–water partition coefficient (Wildman–Crippen LogP) is 1.91. The molecular weight excluding hydrogens is 425 g/mol. The Morgan fingerprint density at radius 2 is 1.67 bits per heavy atom. The van der Waals surface area contributed by atoms with Gasteiger partial charge in [-0.25, -0.2) is 9.37 Å². The minimum Gasteiger partial charge on any atom is -0.447 e. The van der Waals surface area contributed by atoms with Crippen LogP contribution in [0.25, 0.3) is 0 Å². The third kappa shape index (κ3) is 6.10. The number of carbonyl (C=O) groups excluding carboxylic acids is 1. The van der Waals surface area contributed by atoms with Crippen LogP contribution in [0.2, 0.25) is 0 Å². The second-order valence-electron chi connectivity index (χ2n) is 9.27. The van der Waals surface area contributed by atoms with Crippen molar-refractivity contribution < 1.29 is 18.7 Å². The topological polar surface area (TPSA) is 76.3 Å². The van der Waals surface area contributed by atoms with Gasteiger partial charge >= 0.3 is 0 Å². The van der Waals surface area contributed by atoms with Crippen LogP contribution in [0.4, 0.5) is 10.1 Å². The highest BCUT2D eigenvalue weighted by Crippen LogP contribution is 2.18. The Bertz CT molecular complexity index is 903. The Morgan fingerprint density at radius 1 is 1.03 bits per heavy atom. The molecule has 1 atom stereocenters. The van der Waals surface area contributed by atoms with Crippen LogP contribution in [-0.2, 0) is 6.54 Å². The van der Waals surface area contributed by atoms with Crippen LogP contribution in [0.15, 0.2) is 34.9 Å². The second-order valence-corrected chi connectivity index (χ2v) is 9.27. The van der Waals surface area contributed by atoms with E-state index >= 15 is 0 Å². The highest BCUT2D eigenvalue weighted by Gasteiger charge is 2.26. The quantitative estimate of drug-likeness (QED) is 0.678. The first kappa shape index (κ1) is 23.7. The summed E-state index contributed by atoms with van der Waals surface area (Å²) in [6, 6.07) is 6.45. The van der Waals surface area contributed by atoms with Gasteiger partial charge in [-0.05, 0) is 30.2 Å². The number of hydrogen-bond acceptors (Lipinski definition) is 7. The van der Waals surface area contributed by atoms with Crippen LogP contribution in [0.3, 0.4) is 0 Å². The Labute approximate surface area is 194 Å². The first-order chi connectivity index (χ1) is 15.9. The Balaban J connectivity index is 1.23. The summed E-state index contributed by atoms with van der Waals surface area (Å²) in [6.45, 7) is 11.5. The normalized spacial score (nSPS) is 19.3. The molecule has 0 bridgehead atoms. The number of carbonyl (C=O) groups is 1. The molecule has 1 aromatic heterocycles. The molecule has 2 aliphatic rings. The monoisotopic (exact) mass is 459 g/mol. The molecule has 2 saturated heterocycles. The molecule has 2 aliphatic heterocycles. The van der Waals surface area contributed by atoms with Gasteiger partial charge in [0.2, 0.25) is 5.89 Å². The Hall–Kier alpha value is -2.49. The molecule has 33 heavy (non-hydrogen) atoms. The van der Waals surface area contributed by atoms with E-state index in [4.69, 9.17) is 4.42 Å². The van der Waals surface area contributed by atoms with Crippen LogP contribution in [0, 0.1) is 11.7 Å². The number of oxazole rings is 1. The van der Waals surface area contributed by atoms with Crippen molar-refractivity contribution in [1.82, 2.24) is 19.7 Å². The molecule has 3 heterocycles. The molecule has 9 heteroatoms. The summed E-state index contributed by atoms with van der Waals surface area (Å²) in [5, 5.41) is 10.1. The van der Waals surface area contributed by atoms with Gasteiger partial charge in [-0.3, -0.25) is 14.6 Å². The van der Waals surface area contributed by atoms with E-state index in [0.717, 1.165) is 31.9 Å². The number of halogens is 1. The molecular formula is C24H34FN5O3. The van der Waals surface area contributed by atoms with Crippen LogP contribution in [-0.4, -0.2) is 95.7 Å². The number of amides is 1. The minimum absolute atomic E-state index is 0.115. The molecule has 8 nitrogen and oxygen atoms in total. The zero-order chi connectivity index (χ0) is 23.4. The molecule has 180 valence electrons. The smallest absolute Gasteiger partial charge is 0.275 e. The molecule has 2 aromatic rings. The zero-order valence-corrected chi connectivity index (χ0v) is 19.5. The van der Waals surface area contributed by atoms with Gasteiger partial charge in [0, 0.05) is 64.6 Å². The number of benzene rings is 1. The third-order valence-electron chi connectivity index (χ3n) is 6.57. The fourth-order valence-electron chi connectivity index (χ4n) is 4.26. The fraction of sp³-hybridized carbons (Fsp3) is 0.583. The van der Waals surface area contributed by atoms with Crippen molar-refractivity contribution in [2.45, 2.75) is 26.5 Å². The summed E-state index contributed by atoms with van der Waals surface area (Å²) < 4.78 is 18.8. The molecule has 0 unspecified atom stereocenters. The second kappa shape index (κ2) is 10.6. The molecule has 0 radical (unpaired) electrons. The number of aliphatic hydroxyl groups is 1. The largest absolute Gasteiger partial charge is 0.447 e. The van der Waals surface area contributed by atoms with Crippen molar-refractivity contribution in [1.29, 1.82) is 0 Å². The van der Waals surface area contributed by atoms with Crippen molar-refractivity contribution in [3.63, 3.8) is 0 Å². The summed E-state index contributed by atoms with van der Waals surface area (Å²) in [5.41, 5.74) is 1.31. The number of rotatable bonds is 7. The van der Waals surface area contributed by atoms with E-state index in [-0.39, 0.29) is 23.7 Å². The highest BCUT2D eigenvalue weighted by atomic mass is 19.1. The number of β-amino-alcohol motifs (C(OH)–C–C–N with tert-alkyl or cyclic N) is 1. The average Bonchev–Trinajstić information content (AvgIpc) is 3.29. The first-order valence-corrected chi connectivity index (χ1v) is 11.8. The Morgan fingerprint density at radius 3 is 2.30 bits per heavy atom. The zero-order valence-electron chi connectivity index (χ0n) is 19.5. The fourth-order valence-corrected chi connectivity index (χ4v) is 4.26. The van der Waals surface area contributed by atoms with Gasteiger partial charge in [-0.15, -0.1) is 0 Å². The van der Waals surface area contributed by atoms with Crippen molar-refractivity contribution in [3.05, 3.63) is 47.9 Å². The number of nitrogens with zero attached hydrogens (tertiary/aromatic N) is 5. The molecule has 0 spiro atoms. The van der Waals surface area contributed by atoms with Gasteiger partial charge in [-0.2, -0.15) is 0 Å². The van der Waals surface area contributed by atoms with Gasteiger partial charge in [0.15, 0.2) is 5.69 Å². The maximum absolute atomic E-state index is 13.1.